The monoisotopic (exact) mass is 381 g/mol. The topological polar surface area (TPSA) is 53.9 Å². The van der Waals surface area contributed by atoms with Crippen LogP contribution >= 0.6 is 0 Å². The molecule has 2 aromatic heterocycles. The molecule has 2 atom stereocenters. The molecule has 0 saturated heterocycles. The van der Waals surface area contributed by atoms with E-state index in [1.54, 1.807) is 18.6 Å². The Bertz CT molecular complexity index is 1150. The summed E-state index contributed by atoms with van der Waals surface area (Å²) in [6.45, 7) is 2.14. The standard InChI is InChI=1S/C24H23N5/c1-16(19-4-3-8-25-15-19)28-20-13-21(24-22(14-20)26-9-10-27-24)18-6-5-17-7-11-29(2)23(17)12-18/h3-11,13-16,23,28H,12H2,1-2H3. The first kappa shape index (κ1) is 17.6. The quantitative estimate of drug-likeness (QED) is 0.707. The summed E-state index contributed by atoms with van der Waals surface area (Å²) in [4.78, 5) is 15.7. The molecule has 0 fully saturated rings. The second-order valence-corrected chi connectivity index (χ2v) is 7.66. The molecule has 1 aromatic carbocycles. The summed E-state index contributed by atoms with van der Waals surface area (Å²) in [6, 6.07) is 8.87. The number of aromatic nitrogens is 3. The summed E-state index contributed by atoms with van der Waals surface area (Å²) in [7, 11) is 2.14. The van der Waals surface area contributed by atoms with Crippen LogP contribution in [0.4, 0.5) is 5.69 Å². The van der Waals surface area contributed by atoms with Crippen molar-refractivity contribution < 1.29 is 0 Å². The fourth-order valence-corrected chi connectivity index (χ4v) is 4.12. The lowest BCUT2D eigenvalue weighted by atomic mass is 9.89. The van der Waals surface area contributed by atoms with Crippen molar-refractivity contribution in [2.24, 2.45) is 0 Å². The molecule has 1 aliphatic heterocycles. The summed E-state index contributed by atoms with van der Waals surface area (Å²) in [5, 5.41) is 3.61. The van der Waals surface area contributed by atoms with E-state index in [9.17, 15) is 0 Å². The molecule has 0 radical (unpaired) electrons. The SMILES string of the molecule is CC(Nc1cc(C2=CC=C3C=CN(C)C3C2)c2nccnc2c1)c1cccnc1. The van der Waals surface area contributed by atoms with Gasteiger partial charge < -0.3 is 10.2 Å². The van der Waals surface area contributed by atoms with Gasteiger partial charge in [-0.2, -0.15) is 0 Å². The Kier molecular flexibility index (Phi) is 4.35. The minimum absolute atomic E-state index is 0.141. The van der Waals surface area contributed by atoms with Crippen molar-refractivity contribution >= 4 is 22.3 Å². The molecule has 144 valence electrons. The second-order valence-electron chi connectivity index (χ2n) is 7.66. The van der Waals surface area contributed by atoms with Crippen LogP contribution in [0.2, 0.25) is 0 Å². The molecule has 5 heteroatoms. The van der Waals surface area contributed by atoms with Crippen LogP contribution < -0.4 is 5.32 Å². The Morgan fingerprint density at radius 3 is 2.90 bits per heavy atom. The van der Waals surface area contributed by atoms with Crippen LogP contribution in [0.3, 0.4) is 0 Å². The first-order chi connectivity index (χ1) is 14.2. The molecule has 5 rings (SSSR count). The lowest BCUT2D eigenvalue weighted by Gasteiger charge is -2.27. The predicted octanol–water partition coefficient (Wildman–Crippen LogP) is 4.74. The van der Waals surface area contributed by atoms with Crippen molar-refractivity contribution in [3.05, 3.63) is 90.2 Å². The van der Waals surface area contributed by atoms with Gasteiger partial charge in [-0.3, -0.25) is 15.0 Å². The Labute approximate surface area is 170 Å². The molecule has 29 heavy (non-hydrogen) atoms. The van der Waals surface area contributed by atoms with E-state index in [1.165, 1.54) is 11.1 Å². The van der Waals surface area contributed by atoms with Gasteiger partial charge in [0, 0.05) is 43.1 Å². The molecular formula is C24H23N5. The van der Waals surface area contributed by atoms with Crippen LogP contribution in [0, 0.1) is 0 Å². The zero-order valence-corrected chi connectivity index (χ0v) is 16.6. The summed E-state index contributed by atoms with van der Waals surface area (Å²) < 4.78 is 0. The minimum Gasteiger partial charge on any atom is -0.378 e. The molecule has 0 amide bonds. The summed E-state index contributed by atoms with van der Waals surface area (Å²) >= 11 is 0. The lowest BCUT2D eigenvalue weighted by Crippen LogP contribution is -2.25. The number of benzene rings is 1. The third-order valence-electron chi connectivity index (χ3n) is 5.76. The van der Waals surface area contributed by atoms with Crippen molar-refractivity contribution in [2.45, 2.75) is 25.4 Å². The van der Waals surface area contributed by atoms with Gasteiger partial charge in [-0.15, -0.1) is 0 Å². The van der Waals surface area contributed by atoms with Crippen LogP contribution in [0.25, 0.3) is 16.6 Å². The first-order valence-corrected chi connectivity index (χ1v) is 9.91. The molecule has 5 nitrogen and oxygen atoms in total. The molecule has 2 unspecified atom stereocenters. The first-order valence-electron chi connectivity index (χ1n) is 9.91. The molecular weight excluding hydrogens is 358 g/mol. The summed E-state index contributed by atoms with van der Waals surface area (Å²) in [5.41, 5.74) is 7.84. The van der Waals surface area contributed by atoms with E-state index in [2.05, 4.69) is 81.8 Å². The number of fused-ring (bicyclic) bond motifs is 2. The predicted molar refractivity (Wildman–Crippen MR) is 117 cm³/mol. The molecule has 1 aliphatic carbocycles. The van der Waals surface area contributed by atoms with Crippen LogP contribution in [0.15, 0.2) is 79.1 Å². The third kappa shape index (κ3) is 3.29. The van der Waals surface area contributed by atoms with Gasteiger partial charge in [0.15, 0.2) is 0 Å². The number of anilines is 1. The summed E-state index contributed by atoms with van der Waals surface area (Å²) in [5.74, 6) is 0. The molecule has 0 spiro atoms. The Balaban J connectivity index is 1.54. The van der Waals surface area contributed by atoms with E-state index in [-0.39, 0.29) is 6.04 Å². The van der Waals surface area contributed by atoms with Crippen LogP contribution in [-0.4, -0.2) is 32.9 Å². The highest BCUT2D eigenvalue weighted by Gasteiger charge is 2.26. The maximum Gasteiger partial charge on any atom is 0.0963 e. The lowest BCUT2D eigenvalue weighted by molar-refractivity contribution is 0.398. The smallest absolute Gasteiger partial charge is 0.0963 e. The highest BCUT2D eigenvalue weighted by molar-refractivity contribution is 5.92. The maximum atomic E-state index is 4.65. The van der Waals surface area contributed by atoms with Gasteiger partial charge in [-0.05, 0) is 60.5 Å². The highest BCUT2D eigenvalue weighted by atomic mass is 15.1. The van der Waals surface area contributed by atoms with Crippen LogP contribution in [0.1, 0.15) is 30.5 Å². The average Bonchev–Trinajstić information content (AvgIpc) is 3.14. The van der Waals surface area contributed by atoms with Crippen molar-refractivity contribution in [2.75, 3.05) is 12.4 Å². The van der Waals surface area contributed by atoms with E-state index in [1.807, 2.05) is 12.3 Å². The molecule has 0 saturated carbocycles. The highest BCUT2D eigenvalue weighted by Crippen LogP contribution is 2.37. The van der Waals surface area contributed by atoms with E-state index >= 15 is 0 Å². The Morgan fingerprint density at radius 2 is 2.03 bits per heavy atom. The van der Waals surface area contributed by atoms with Crippen molar-refractivity contribution in [3.8, 4) is 0 Å². The van der Waals surface area contributed by atoms with Crippen molar-refractivity contribution in [1.82, 2.24) is 19.9 Å². The van der Waals surface area contributed by atoms with Gasteiger partial charge in [0.05, 0.1) is 23.1 Å². The Morgan fingerprint density at radius 1 is 1.14 bits per heavy atom. The molecule has 1 N–H and O–H groups in total. The van der Waals surface area contributed by atoms with Gasteiger partial charge in [-0.1, -0.05) is 18.2 Å². The van der Waals surface area contributed by atoms with Crippen LogP contribution in [-0.2, 0) is 0 Å². The number of allylic oxidation sites excluding steroid dienone is 2. The van der Waals surface area contributed by atoms with Crippen molar-refractivity contribution in [3.63, 3.8) is 0 Å². The number of pyridine rings is 1. The zero-order chi connectivity index (χ0) is 19.8. The van der Waals surface area contributed by atoms with Gasteiger partial charge in [-0.25, -0.2) is 0 Å². The normalized spacial score (nSPS) is 19.0. The Hall–Kier alpha value is -3.47. The third-order valence-corrected chi connectivity index (χ3v) is 5.76. The molecule has 3 aromatic rings. The largest absolute Gasteiger partial charge is 0.378 e. The number of rotatable bonds is 4. The summed E-state index contributed by atoms with van der Waals surface area (Å²) in [6.07, 6.45) is 17.0. The number of hydrogen-bond acceptors (Lipinski definition) is 5. The number of nitrogens with zero attached hydrogens (tertiary/aromatic N) is 4. The van der Waals surface area contributed by atoms with E-state index in [0.717, 1.165) is 34.3 Å². The average molecular weight is 381 g/mol. The zero-order valence-electron chi connectivity index (χ0n) is 16.6. The van der Waals surface area contributed by atoms with E-state index in [4.69, 9.17) is 0 Å². The van der Waals surface area contributed by atoms with Gasteiger partial charge in [0.25, 0.3) is 0 Å². The van der Waals surface area contributed by atoms with Crippen molar-refractivity contribution in [1.29, 1.82) is 0 Å². The fraction of sp³-hybridized carbons (Fsp3) is 0.208. The van der Waals surface area contributed by atoms with Gasteiger partial charge in [0.1, 0.15) is 0 Å². The van der Waals surface area contributed by atoms with Gasteiger partial charge >= 0.3 is 0 Å². The molecule has 3 heterocycles. The number of nitrogens with one attached hydrogen (secondary N) is 1. The fourth-order valence-electron chi connectivity index (χ4n) is 4.12. The van der Waals surface area contributed by atoms with E-state index < -0.39 is 0 Å². The molecule has 2 aliphatic rings. The molecule has 0 bridgehead atoms. The minimum atomic E-state index is 0.141. The van der Waals surface area contributed by atoms with E-state index in [0.29, 0.717) is 6.04 Å². The van der Waals surface area contributed by atoms with Crippen LogP contribution in [0.5, 0.6) is 0 Å². The second kappa shape index (κ2) is 7.17. The van der Waals surface area contributed by atoms with Gasteiger partial charge in [0.2, 0.25) is 0 Å². The number of likely N-dealkylation sites (N-methyl/N-ethyl adjacent to an activating group) is 1. The maximum absolute atomic E-state index is 4.65. The number of hydrogen-bond donors (Lipinski definition) is 1.